The van der Waals surface area contributed by atoms with Gasteiger partial charge in [-0.1, -0.05) is 20.8 Å². The van der Waals surface area contributed by atoms with E-state index in [1.807, 2.05) is 6.92 Å². The maximum atomic E-state index is 11.0. The minimum absolute atomic E-state index is 0.00298. The second-order valence-electron chi connectivity index (χ2n) is 4.78. The molecule has 0 bridgehead atoms. The number of hydrogen-bond acceptors (Lipinski definition) is 2. The molecule has 1 aromatic heterocycles. The maximum absolute atomic E-state index is 11.0. The van der Waals surface area contributed by atoms with E-state index in [-0.39, 0.29) is 17.0 Å². The first kappa shape index (κ1) is 11.0. The van der Waals surface area contributed by atoms with Gasteiger partial charge in [-0.05, 0) is 23.5 Å². The van der Waals surface area contributed by atoms with Crippen LogP contribution < -0.4 is 11.3 Å². The van der Waals surface area contributed by atoms with E-state index in [4.69, 9.17) is 5.73 Å². The molecule has 1 atom stereocenters. The standard InChI is InChI=1S/C11H18N2O/c1-7-5-9(14)13-6-8(7)10(12)11(2,3)4/h5-6,10H,12H2,1-4H3,(H,13,14). The highest BCUT2D eigenvalue weighted by Crippen LogP contribution is 2.30. The zero-order valence-electron chi connectivity index (χ0n) is 9.22. The second-order valence-corrected chi connectivity index (χ2v) is 4.78. The molecule has 1 heterocycles. The van der Waals surface area contributed by atoms with Crippen LogP contribution in [0.5, 0.6) is 0 Å². The Kier molecular flexibility index (Phi) is 2.81. The normalized spacial score (nSPS) is 14.1. The van der Waals surface area contributed by atoms with Gasteiger partial charge in [0, 0.05) is 18.3 Å². The summed E-state index contributed by atoms with van der Waals surface area (Å²) in [5.74, 6) is 0. The van der Waals surface area contributed by atoms with Crippen LogP contribution in [0.2, 0.25) is 0 Å². The molecule has 3 heteroatoms. The molecule has 0 saturated carbocycles. The fourth-order valence-corrected chi connectivity index (χ4v) is 1.39. The van der Waals surface area contributed by atoms with Gasteiger partial charge < -0.3 is 10.7 Å². The number of rotatable bonds is 1. The first-order valence-corrected chi connectivity index (χ1v) is 4.77. The van der Waals surface area contributed by atoms with E-state index in [0.717, 1.165) is 11.1 Å². The quantitative estimate of drug-likeness (QED) is 0.715. The minimum Gasteiger partial charge on any atom is -0.329 e. The van der Waals surface area contributed by atoms with E-state index in [1.54, 1.807) is 12.3 Å². The van der Waals surface area contributed by atoms with Crippen LogP contribution in [-0.2, 0) is 0 Å². The van der Waals surface area contributed by atoms with Gasteiger partial charge in [0.1, 0.15) is 0 Å². The van der Waals surface area contributed by atoms with Crippen molar-refractivity contribution < 1.29 is 0 Å². The van der Waals surface area contributed by atoms with Crippen LogP contribution in [-0.4, -0.2) is 4.98 Å². The molecule has 0 aromatic carbocycles. The van der Waals surface area contributed by atoms with Crippen molar-refractivity contribution in [2.45, 2.75) is 33.7 Å². The molecule has 3 N–H and O–H groups in total. The molecule has 1 aromatic rings. The van der Waals surface area contributed by atoms with Crippen molar-refractivity contribution in [2.24, 2.45) is 11.1 Å². The van der Waals surface area contributed by atoms with Gasteiger partial charge >= 0.3 is 0 Å². The van der Waals surface area contributed by atoms with Gasteiger partial charge in [0.05, 0.1) is 0 Å². The molecule has 14 heavy (non-hydrogen) atoms. The van der Waals surface area contributed by atoms with E-state index in [9.17, 15) is 4.79 Å². The molecular weight excluding hydrogens is 176 g/mol. The molecule has 0 fully saturated rings. The molecule has 0 radical (unpaired) electrons. The Hall–Kier alpha value is -1.09. The lowest BCUT2D eigenvalue weighted by Gasteiger charge is -2.28. The zero-order valence-corrected chi connectivity index (χ0v) is 9.22. The van der Waals surface area contributed by atoms with E-state index in [1.165, 1.54) is 0 Å². The van der Waals surface area contributed by atoms with Crippen molar-refractivity contribution in [3.05, 3.63) is 33.7 Å². The van der Waals surface area contributed by atoms with Gasteiger partial charge in [0.25, 0.3) is 0 Å². The Balaban J connectivity index is 3.14. The molecule has 0 aliphatic heterocycles. The highest BCUT2D eigenvalue weighted by Gasteiger charge is 2.23. The minimum atomic E-state index is -0.0765. The highest BCUT2D eigenvalue weighted by molar-refractivity contribution is 5.26. The fourth-order valence-electron chi connectivity index (χ4n) is 1.39. The number of hydrogen-bond donors (Lipinski definition) is 2. The summed E-state index contributed by atoms with van der Waals surface area (Å²) in [6, 6.07) is 1.53. The summed E-state index contributed by atoms with van der Waals surface area (Å²) in [5, 5.41) is 0. The van der Waals surface area contributed by atoms with Gasteiger partial charge in [0.2, 0.25) is 5.56 Å². The molecule has 0 aliphatic rings. The van der Waals surface area contributed by atoms with E-state index in [0.29, 0.717) is 0 Å². The van der Waals surface area contributed by atoms with Crippen LogP contribution >= 0.6 is 0 Å². The Labute approximate surface area is 84.3 Å². The summed E-state index contributed by atoms with van der Waals surface area (Å²) in [6.45, 7) is 8.17. The molecule has 1 rings (SSSR count). The Bertz CT molecular complexity index is 374. The van der Waals surface area contributed by atoms with Gasteiger partial charge in [0.15, 0.2) is 0 Å². The average Bonchev–Trinajstić information content (AvgIpc) is 2.01. The summed E-state index contributed by atoms with van der Waals surface area (Å²) in [4.78, 5) is 13.7. The third-order valence-corrected chi connectivity index (χ3v) is 2.44. The van der Waals surface area contributed by atoms with Crippen molar-refractivity contribution in [3.63, 3.8) is 0 Å². The first-order chi connectivity index (χ1) is 6.32. The molecular formula is C11H18N2O. The molecule has 0 saturated heterocycles. The fraction of sp³-hybridized carbons (Fsp3) is 0.545. The van der Waals surface area contributed by atoms with Crippen molar-refractivity contribution in [1.29, 1.82) is 0 Å². The van der Waals surface area contributed by atoms with Crippen LogP contribution in [0, 0.1) is 12.3 Å². The topological polar surface area (TPSA) is 58.9 Å². The molecule has 0 aliphatic carbocycles. The van der Waals surface area contributed by atoms with Crippen LogP contribution in [0.3, 0.4) is 0 Å². The van der Waals surface area contributed by atoms with Gasteiger partial charge in [-0.2, -0.15) is 0 Å². The predicted octanol–water partition coefficient (Wildman–Crippen LogP) is 1.73. The zero-order chi connectivity index (χ0) is 10.9. The van der Waals surface area contributed by atoms with Crippen molar-refractivity contribution >= 4 is 0 Å². The van der Waals surface area contributed by atoms with Crippen molar-refractivity contribution in [3.8, 4) is 0 Å². The highest BCUT2D eigenvalue weighted by atomic mass is 16.1. The first-order valence-electron chi connectivity index (χ1n) is 4.77. The van der Waals surface area contributed by atoms with Crippen LogP contribution in [0.1, 0.15) is 37.9 Å². The average molecular weight is 194 g/mol. The monoisotopic (exact) mass is 194 g/mol. The number of nitrogens with two attached hydrogens (primary N) is 1. The second kappa shape index (κ2) is 3.58. The van der Waals surface area contributed by atoms with Crippen LogP contribution in [0.25, 0.3) is 0 Å². The van der Waals surface area contributed by atoms with E-state index in [2.05, 4.69) is 25.8 Å². The van der Waals surface area contributed by atoms with Gasteiger partial charge in [-0.15, -0.1) is 0 Å². The Morgan fingerprint density at radius 3 is 2.43 bits per heavy atom. The summed E-state index contributed by atoms with van der Waals surface area (Å²) in [7, 11) is 0. The number of aromatic amines is 1. The number of nitrogens with one attached hydrogen (secondary N) is 1. The van der Waals surface area contributed by atoms with Crippen LogP contribution in [0.4, 0.5) is 0 Å². The van der Waals surface area contributed by atoms with Crippen molar-refractivity contribution in [1.82, 2.24) is 4.98 Å². The van der Waals surface area contributed by atoms with Gasteiger partial charge in [-0.3, -0.25) is 4.79 Å². The summed E-state index contributed by atoms with van der Waals surface area (Å²) in [5.41, 5.74) is 7.99. The van der Waals surface area contributed by atoms with Crippen LogP contribution in [0.15, 0.2) is 17.1 Å². The SMILES string of the molecule is Cc1cc(=O)[nH]cc1C(N)C(C)(C)C. The summed E-state index contributed by atoms with van der Waals surface area (Å²) >= 11 is 0. The maximum Gasteiger partial charge on any atom is 0.248 e. The Morgan fingerprint density at radius 1 is 1.43 bits per heavy atom. The lowest BCUT2D eigenvalue weighted by Crippen LogP contribution is -2.27. The molecule has 3 nitrogen and oxygen atoms in total. The number of H-pyrrole nitrogens is 1. The molecule has 78 valence electrons. The number of pyridine rings is 1. The summed E-state index contributed by atoms with van der Waals surface area (Å²) in [6.07, 6.45) is 1.72. The largest absolute Gasteiger partial charge is 0.329 e. The Morgan fingerprint density at radius 2 is 2.00 bits per heavy atom. The summed E-state index contributed by atoms with van der Waals surface area (Å²) < 4.78 is 0. The van der Waals surface area contributed by atoms with E-state index >= 15 is 0 Å². The lowest BCUT2D eigenvalue weighted by atomic mass is 9.82. The van der Waals surface area contributed by atoms with E-state index < -0.39 is 0 Å². The third kappa shape index (κ3) is 2.23. The third-order valence-electron chi connectivity index (χ3n) is 2.44. The van der Waals surface area contributed by atoms with Crippen molar-refractivity contribution in [2.75, 3.05) is 0 Å². The predicted molar refractivity (Wildman–Crippen MR) is 58.2 cm³/mol. The number of aryl methyl sites for hydroxylation is 1. The van der Waals surface area contributed by atoms with Gasteiger partial charge in [-0.25, -0.2) is 0 Å². The number of aromatic nitrogens is 1. The lowest BCUT2D eigenvalue weighted by molar-refractivity contribution is 0.325. The smallest absolute Gasteiger partial charge is 0.248 e. The molecule has 0 spiro atoms. The molecule has 0 amide bonds. The molecule has 1 unspecified atom stereocenters.